The Hall–Kier alpha value is -1.95. The van der Waals surface area contributed by atoms with E-state index in [0.717, 1.165) is 30.3 Å². The number of hydrogen-bond acceptors (Lipinski definition) is 5. The number of thiophene rings is 1. The third-order valence-corrected chi connectivity index (χ3v) is 3.68. The molecule has 1 N–H and O–H groups in total. The van der Waals surface area contributed by atoms with Crippen molar-refractivity contribution >= 4 is 22.8 Å². The number of hydrogen-bond donors (Lipinski definition) is 1. The van der Waals surface area contributed by atoms with E-state index in [2.05, 4.69) is 38.0 Å². The van der Waals surface area contributed by atoms with Crippen molar-refractivity contribution in [3.05, 3.63) is 40.6 Å². The predicted octanol–water partition coefficient (Wildman–Crippen LogP) is 2.15. The highest BCUT2D eigenvalue weighted by atomic mass is 32.1. The molecule has 5 nitrogen and oxygen atoms in total. The molecular weight excluding hydrogens is 246 g/mol. The standard InChI is InChI=1S/C12H13N5S/c1-9-15-16-12-11(14-6-7-17(9)12)13-5-4-10-3-2-8-18-10/h2-3,6-8H,4-5H2,1H3,(H,13,14). The summed E-state index contributed by atoms with van der Waals surface area (Å²) < 4.78 is 1.93. The molecule has 3 rings (SSSR count). The van der Waals surface area contributed by atoms with Crippen molar-refractivity contribution in [1.82, 2.24) is 19.6 Å². The van der Waals surface area contributed by atoms with Gasteiger partial charge in [0.15, 0.2) is 5.82 Å². The second kappa shape index (κ2) is 4.73. The molecule has 92 valence electrons. The normalized spacial score (nSPS) is 10.9. The van der Waals surface area contributed by atoms with Crippen LogP contribution in [0.1, 0.15) is 10.7 Å². The molecule has 0 aliphatic carbocycles. The van der Waals surface area contributed by atoms with Crippen molar-refractivity contribution in [3.8, 4) is 0 Å². The fraction of sp³-hybridized carbons (Fsp3) is 0.250. The van der Waals surface area contributed by atoms with Gasteiger partial charge in [-0.2, -0.15) is 0 Å². The number of rotatable bonds is 4. The summed E-state index contributed by atoms with van der Waals surface area (Å²) in [5.74, 6) is 1.66. The van der Waals surface area contributed by atoms with E-state index < -0.39 is 0 Å². The fourth-order valence-electron chi connectivity index (χ4n) is 1.83. The topological polar surface area (TPSA) is 55.1 Å². The van der Waals surface area contributed by atoms with Crippen LogP contribution in [0.2, 0.25) is 0 Å². The number of fused-ring (bicyclic) bond motifs is 1. The van der Waals surface area contributed by atoms with Gasteiger partial charge < -0.3 is 5.32 Å². The smallest absolute Gasteiger partial charge is 0.203 e. The highest BCUT2D eigenvalue weighted by Gasteiger charge is 2.06. The Bertz CT molecular complexity index is 644. The van der Waals surface area contributed by atoms with Crippen LogP contribution in [0.25, 0.3) is 5.65 Å². The Morgan fingerprint density at radius 1 is 1.39 bits per heavy atom. The van der Waals surface area contributed by atoms with E-state index in [0.29, 0.717) is 0 Å². The van der Waals surface area contributed by atoms with Crippen LogP contribution in [0.4, 0.5) is 5.82 Å². The largest absolute Gasteiger partial charge is 0.367 e. The molecule has 0 saturated carbocycles. The summed E-state index contributed by atoms with van der Waals surface area (Å²) in [6.45, 7) is 2.77. The van der Waals surface area contributed by atoms with Crippen molar-refractivity contribution in [2.24, 2.45) is 0 Å². The lowest BCUT2D eigenvalue weighted by Gasteiger charge is -2.05. The van der Waals surface area contributed by atoms with E-state index >= 15 is 0 Å². The molecule has 18 heavy (non-hydrogen) atoms. The lowest BCUT2D eigenvalue weighted by molar-refractivity contribution is 0.994. The maximum Gasteiger partial charge on any atom is 0.203 e. The molecule has 0 amide bonds. The van der Waals surface area contributed by atoms with Crippen molar-refractivity contribution in [2.45, 2.75) is 13.3 Å². The molecule has 0 spiro atoms. The van der Waals surface area contributed by atoms with Crippen molar-refractivity contribution < 1.29 is 0 Å². The van der Waals surface area contributed by atoms with Crippen LogP contribution in [0.5, 0.6) is 0 Å². The SMILES string of the molecule is Cc1nnc2c(NCCc3cccs3)nccn12. The van der Waals surface area contributed by atoms with Crippen LogP contribution >= 0.6 is 11.3 Å². The zero-order chi connectivity index (χ0) is 12.4. The van der Waals surface area contributed by atoms with Gasteiger partial charge in [-0.25, -0.2) is 4.98 Å². The second-order valence-corrected chi connectivity index (χ2v) is 5.01. The molecule has 0 atom stereocenters. The number of anilines is 1. The molecule has 0 aromatic carbocycles. The fourth-order valence-corrected chi connectivity index (χ4v) is 2.53. The van der Waals surface area contributed by atoms with Crippen LogP contribution in [0.15, 0.2) is 29.9 Å². The zero-order valence-corrected chi connectivity index (χ0v) is 10.8. The Morgan fingerprint density at radius 3 is 3.17 bits per heavy atom. The van der Waals surface area contributed by atoms with Gasteiger partial charge in [-0.05, 0) is 24.8 Å². The highest BCUT2D eigenvalue weighted by molar-refractivity contribution is 7.09. The summed E-state index contributed by atoms with van der Waals surface area (Å²) in [7, 11) is 0. The molecule has 0 fully saturated rings. The summed E-state index contributed by atoms with van der Waals surface area (Å²) >= 11 is 1.77. The van der Waals surface area contributed by atoms with Gasteiger partial charge in [-0.15, -0.1) is 21.5 Å². The molecule has 6 heteroatoms. The third kappa shape index (κ3) is 2.06. The minimum absolute atomic E-state index is 0.779. The van der Waals surface area contributed by atoms with Crippen LogP contribution < -0.4 is 5.32 Å². The third-order valence-electron chi connectivity index (χ3n) is 2.74. The van der Waals surface area contributed by atoms with E-state index in [1.807, 2.05) is 17.5 Å². The molecule has 3 heterocycles. The number of aromatic nitrogens is 4. The van der Waals surface area contributed by atoms with Crippen LogP contribution in [-0.2, 0) is 6.42 Å². The average Bonchev–Trinajstić information content (AvgIpc) is 3.01. The molecular formula is C12H13N5S. The lowest BCUT2D eigenvalue weighted by Crippen LogP contribution is -2.07. The highest BCUT2D eigenvalue weighted by Crippen LogP contribution is 2.13. The summed E-state index contributed by atoms with van der Waals surface area (Å²) in [4.78, 5) is 5.68. The molecule has 0 unspecified atom stereocenters. The first-order valence-electron chi connectivity index (χ1n) is 5.77. The second-order valence-electron chi connectivity index (χ2n) is 3.97. The number of nitrogens with zero attached hydrogens (tertiary/aromatic N) is 4. The van der Waals surface area contributed by atoms with E-state index in [1.54, 1.807) is 17.5 Å². The van der Waals surface area contributed by atoms with Crippen molar-refractivity contribution in [2.75, 3.05) is 11.9 Å². The number of nitrogens with one attached hydrogen (secondary N) is 1. The van der Waals surface area contributed by atoms with E-state index in [9.17, 15) is 0 Å². The molecule has 0 saturated heterocycles. The van der Waals surface area contributed by atoms with Gasteiger partial charge in [-0.1, -0.05) is 6.07 Å². The quantitative estimate of drug-likeness (QED) is 0.780. The minimum Gasteiger partial charge on any atom is -0.367 e. The monoisotopic (exact) mass is 259 g/mol. The Labute approximate surface area is 109 Å². The van der Waals surface area contributed by atoms with Crippen LogP contribution in [0.3, 0.4) is 0 Å². The molecule has 3 aromatic rings. The van der Waals surface area contributed by atoms with Gasteiger partial charge in [-0.3, -0.25) is 4.40 Å². The van der Waals surface area contributed by atoms with Gasteiger partial charge in [0.25, 0.3) is 0 Å². The number of aryl methyl sites for hydroxylation is 1. The van der Waals surface area contributed by atoms with Gasteiger partial charge in [0.2, 0.25) is 5.65 Å². The Balaban J connectivity index is 1.74. The van der Waals surface area contributed by atoms with Gasteiger partial charge in [0.05, 0.1) is 0 Å². The van der Waals surface area contributed by atoms with Gasteiger partial charge >= 0.3 is 0 Å². The molecule has 0 bridgehead atoms. The van der Waals surface area contributed by atoms with E-state index in [-0.39, 0.29) is 0 Å². The maximum atomic E-state index is 4.31. The Kier molecular flexibility index (Phi) is 2.93. The first-order chi connectivity index (χ1) is 8.84. The van der Waals surface area contributed by atoms with E-state index in [4.69, 9.17) is 0 Å². The zero-order valence-electron chi connectivity index (χ0n) is 10.00. The molecule has 0 aliphatic rings. The van der Waals surface area contributed by atoms with E-state index in [1.165, 1.54) is 4.88 Å². The summed E-state index contributed by atoms with van der Waals surface area (Å²) in [6, 6.07) is 4.21. The summed E-state index contributed by atoms with van der Waals surface area (Å²) in [5, 5.41) is 13.6. The summed E-state index contributed by atoms with van der Waals surface area (Å²) in [5.41, 5.74) is 0.779. The molecule has 0 radical (unpaired) electrons. The van der Waals surface area contributed by atoms with Crippen LogP contribution in [0, 0.1) is 6.92 Å². The Morgan fingerprint density at radius 2 is 2.33 bits per heavy atom. The van der Waals surface area contributed by atoms with Crippen LogP contribution in [-0.4, -0.2) is 26.1 Å². The summed E-state index contributed by atoms with van der Waals surface area (Å²) in [6.07, 6.45) is 4.62. The minimum atomic E-state index is 0.779. The van der Waals surface area contributed by atoms with Gasteiger partial charge in [0.1, 0.15) is 5.82 Å². The predicted molar refractivity (Wildman–Crippen MR) is 72.0 cm³/mol. The first-order valence-corrected chi connectivity index (χ1v) is 6.65. The average molecular weight is 259 g/mol. The van der Waals surface area contributed by atoms with Crippen molar-refractivity contribution in [1.29, 1.82) is 0 Å². The lowest BCUT2D eigenvalue weighted by atomic mass is 10.3. The van der Waals surface area contributed by atoms with Gasteiger partial charge in [0, 0.05) is 23.8 Å². The maximum absolute atomic E-state index is 4.31. The molecule has 3 aromatic heterocycles. The van der Waals surface area contributed by atoms with Crippen molar-refractivity contribution in [3.63, 3.8) is 0 Å². The molecule has 0 aliphatic heterocycles. The first kappa shape index (κ1) is 11.2.